The van der Waals surface area contributed by atoms with Gasteiger partial charge in [0.25, 0.3) is 0 Å². The minimum absolute atomic E-state index is 0.310. The molecular weight excluding hydrogens is 266 g/mol. The lowest BCUT2D eigenvalue weighted by atomic mass is 9.96. The largest absolute Gasteiger partial charge is 0.359 e. The van der Waals surface area contributed by atoms with Gasteiger partial charge in [0.1, 0.15) is 0 Å². The fourth-order valence-corrected chi connectivity index (χ4v) is 4.53. The summed E-state index contributed by atoms with van der Waals surface area (Å²) in [5, 5.41) is 4.83. The van der Waals surface area contributed by atoms with E-state index in [0.717, 1.165) is 12.6 Å². The van der Waals surface area contributed by atoms with E-state index in [4.69, 9.17) is 4.99 Å². The van der Waals surface area contributed by atoms with Crippen LogP contribution in [0.25, 0.3) is 0 Å². The minimum Gasteiger partial charge on any atom is -0.359 e. The molecule has 20 heavy (non-hydrogen) atoms. The molecule has 1 atom stereocenters. The third kappa shape index (κ3) is 4.14. The Kier molecular flexibility index (Phi) is 6.21. The predicted octanol–water partition coefficient (Wildman–Crippen LogP) is 3.50. The van der Waals surface area contributed by atoms with Gasteiger partial charge in [0, 0.05) is 30.4 Å². The number of hydrogen-bond acceptors (Lipinski definition) is 3. The summed E-state index contributed by atoms with van der Waals surface area (Å²) in [6.45, 7) is 10.4. The first kappa shape index (κ1) is 16.2. The van der Waals surface area contributed by atoms with Crippen LogP contribution in [0.3, 0.4) is 0 Å². The van der Waals surface area contributed by atoms with Gasteiger partial charge >= 0.3 is 0 Å². The molecule has 2 heterocycles. The normalized spacial score (nSPS) is 28.8. The number of nitrogens with one attached hydrogen (secondary N) is 1. The van der Waals surface area contributed by atoms with Crippen LogP contribution in [-0.2, 0) is 0 Å². The molecule has 3 nitrogen and oxygen atoms in total. The summed E-state index contributed by atoms with van der Waals surface area (Å²) in [6.07, 6.45) is 7.76. The highest BCUT2D eigenvalue weighted by atomic mass is 32.2. The van der Waals surface area contributed by atoms with Crippen molar-refractivity contribution in [1.29, 1.82) is 0 Å². The number of amidine groups is 1. The van der Waals surface area contributed by atoms with Gasteiger partial charge in [0.05, 0.1) is 0 Å². The molecule has 2 aliphatic rings. The third-order valence-electron chi connectivity index (χ3n) is 5.01. The summed E-state index contributed by atoms with van der Waals surface area (Å²) < 4.78 is 0. The fourth-order valence-electron chi connectivity index (χ4n) is 3.17. The molecule has 0 aromatic heterocycles. The lowest BCUT2D eigenvalue weighted by Crippen LogP contribution is -2.42. The monoisotopic (exact) mass is 297 g/mol. The first-order valence-corrected chi connectivity index (χ1v) is 9.37. The highest BCUT2D eigenvalue weighted by molar-refractivity contribution is 8.14. The molecule has 0 aromatic carbocycles. The Balaban J connectivity index is 1.69. The second-order valence-corrected chi connectivity index (χ2v) is 7.29. The lowest BCUT2D eigenvalue weighted by Gasteiger charge is -2.33. The Morgan fingerprint density at radius 3 is 2.80 bits per heavy atom. The highest BCUT2D eigenvalue weighted by Crippen LogP contribution is 2.28. The number of hydrogen-bond donors (Lipinski definition) is 1. The van der Waals surface area contributed by atoms with Crippen LogP contribution < -0.4 is 5.32 Å². The van der Waals surface area contributed by atoms with Gasteiger partial charge in [-0.1, -0.05) is 32.0 Å². The van der Waals surface area contributed by atoms with Crippen LogP contribution in [0, 0.1) is 0 Å². The summed E-state index contributed by atoms with van der Waals surface area (Å²) in [6, 6.07) is 0.781. The van der Waals surface area contributed by atoms with Crippen molar-refractivity contribution in [3.8, 4) is 0 Å². The third-order valence-corrected chi connectivity index (χ3v) is 6.21. The molecule has 2 saturated heterocycles. The molecule has 116 valence electrons. The summed E-state index contributed by atoms with van der Waals surface area (Å²) in [4.78, 5) is 7.41. The van der Waals surface area contributed by atoms with Crippen molar-refractivity contribution in [2.24, 2.45) is 4.99 Å². The topological polar surface area (TPSA) is 27.6 Å². The Bertz CT molecular complexity index is 326. The van der Waals surface area contributed by atoms with Gasteiger partial charge in [0.2, 0.25) is 0 Å². The van der Waals surface area contributed by atoms with E-state index in [2.05, 4.69) is 31.0 Å². The van der Waals surface area contributed by atoms with Crippen LogP contribution in [0.4, 0.5) is 0 Å². The second-order valence-electron chi connectivity index (χ2n) is 6.32. The number of nitrogens with zero attached hydrogens (tertiary/aromatic N) is 2. The van der Waals surface area contributed by atoms with E-state index in [9.17, 15) is 0 Å². The summed E-state index contributed by atoms with van der Waals surface area (Å²) in [5.41, 5.74) is 0.310. The SMILES string of the molecule is CCC1(CC)CSC(=NCCCN2CCCCC2C)N1. The van der Waals surface area contributed by atoms with E-state index in [1.807, 2.05) is 11.8 Å². The maximum atomic E-state index is 4.77. The zero-order valence-corrected chi connectivity index (χ0v) is 14.3. The van der Waals surface area contributed by atoms with Crippen LogP contribution in [0.1, 0.15) is 59.3 Å². The number of piperidine rings is 1. The first-order valence-electron chi connectivity index (χ1n) is 8.38. The van der Waals surface area contributed by atoms with Crippen molar-refractivity contribution in [1.82, 2.24) is 10.2 Å². The van der Waals surface area contributed by atoms with Crippen molar-refractivity contribution >= 4 is 16.9 Å². The van der Waals surface area contributed by atoms with E-state index in [1.54, 1.807) is 0 Å². The maximum absolute atomic E-state index is 4.77. The quantitative estimate of drug-likeness (QED) is 0.760. The Hall–Kier alpha value is -0.220. The second kappa shape index (κ2) is 7.69. The van der Waals surface area contributed by atoms with Crippen molar-refractivity contribution in [3.63, 3.8) is 0 Å². The number of likely N-dealkylation sites (tertiary alicyclic amines) is 1. The maximum Gasteiger partial charge on any atom is 0.157 e. The fraction of sp³-hybridized carbons (Fsp3) is 0.938. The molecular formula is C16H31N3S. The zero-order valence-electron chi connectivity index (χ0n) is 13.5. The van der Waals surface area contributed by atoms with E-state index >= 15 is 0 Å². The van der Waals surface area contributed by atoms with Crippen molar-refractivity contribution in [3.05, 3.63) is 0 Å². The molecule has 0 bridgehead atoms. The average molecular weight is 298 g/mol. The number of thioether (sulfide) groups is 1. The first-order chi connectivity index (χ1) is 9.69. The molecule has 0 aromatic rings. The van der Waals surface area contributed by atoms with Gasteiger partial charge in [-0.25, -0.2) is 0 Å². The standard InChI is InChI=1S/C16H31N3S/c1-4-16(5-2)13-20-15(18-16)17-10-8-12-19-11-7-6-9-14(19)3/h14H,4-13H2,1-3H3,(H,17,18). The van der Waals surface area contributed by atoms with Gasteiger partial charge in [-0.15, -0.1) is 0 Å². The Morgan fingerprint density at radius 1 is 1.35 bits per heavy atom. The highest BCUT2D eigenvalue weighted by Gasteiger charge is 2.33. The summed E-state index contributed by atoms with van der Waals surface area (Å²) in [5.74, 6) is 1.18. The molecule has 0 radical (unpaired) electrons. The van der Waals surface area contributed by atoms with Crippen LogP contribution >= 0.6 is 11.8 Å². The summed E-state index contributed by atoms with van der Waals surface area (Å²) >= 11 is 1.91. The average Bonchev–Trinajstić information content (AvgIpc) is 2.90. The van der Waals surface area contributed by atoms with E-state index in [0.29, 0.717) is 5.54 Å². The zero-order chi connectivity index (χ0) is 14.4. The molecule has 0 spiro atoms. The van der Waals surface area contributed by atoms with E-state index in [1.165, 1.54) is 62.5 Å². The van der Waals surface area contributed by atoms with Gasteiger partial charge in [0.15, 0.2) is 5.17 Å². The smallest absolute Gasteiger partial charge is 0.157 e. The van der Waals surface area contributed by atoms with Crippen molar-refractivity contribution in [2.45, 2.75) is 70.9 Å². The summed E-state index contributed by atoms with van der Waals surface area (Å²) in [7, 11) is 0. The van der Waals surface area contributed by atoms with E-state index in [-0.39, 0.29) is 0 Å². The van der Waals surface area contributed by atoms with Crippen LogP contribution in [0.5, 0.6) is 0 Å². The number of aliphatic imine (C=N–C) groups is 1. The lowest BCUT2D eigenvalue weighted by molar-refractivity contribution is 0.160. The molecule has 2 aliphatic heterocycles. The van der Waals surface area contributed by atoms with Crippen LogP contribution in [0.2, 0.25) is 0 Å². The van der Waals surface area contributed by atoms with Gasteiger partial charge in [-0.2, -0.15) is 0 Å². The number of rotatable bonds is 6. The van der Waals surface area contributed by atoms with Gasteiger partial charge < -0.3 is 10.2 Å². The Morgan fingerprint density at radius 2 is 2.15 bits per heavy atom. The van der Waals surface area contributed by atoms with Crippen molar-refractivity contribution < 1.29 is 0 Å². The van der Waals surface area contributed by atoms with E-state index < -0.39 is 0 Å². The van der Waals surface area contributed by atoms with Crippen LogP contribution in [0.15, 0.2) is 4.99 Å². The molecule has 0 saturated carbocycles. The molecule has 4 heteroatoms. The predicted molar refractivity (Wildman–Crippen MR) is 90.7 cm³/mol. The van der Waals surface area contributed by atoms with Gasteiger partial charge in [-0.05, 0) is 45.6 Å². The molecule has 2 rings (SSSR count). The molecule has 1 N–H and O–H groups in total. The molecule has 0 aliphatic carbocycles. The van der Waals surface area contributed by atoms with Crippen molar-refractivity contribution in [2.75, 3.05) is 25.4 Å². The van der Waals surface area contributed by atoms with Gasteiger partial charge in [-0.3, -0.25) is 4.99 Å². The Labute approximate surface area is 129 Å². The van der Waals surface area contributed by atoms with Crippen LogP contribution in [-0.4, -0.2) is 47.0 Å². The molecule has 1 unspecified atom stereocenters. The molecule has 0 amide bonds. The minimum atomic E-state index is 0.310. The molecule has 2 fully saturated rings.